The molecule has 3 nitrogen and oxygen atoms in total. The fourth-order valence-corrected chi connectivity index (χ4v) is 1.34. The molecule has 0 radical (unpaired) electrons. The topological polar surface area (TPSA) is 59.0 Å². The standard InChI is InChI=1S/C13H17FN2O/c1-13(2,9-16)6-7-17-12-10(8-15)4-3-5-11(12)14/h3-5H,6-8,15H2,1-2H3. The monoisotopic (exact) mass is 236 g/mol. The van der Waals surface area contributed by atoms with E-state index in [0.717, 1.165) is 0 Å². The van der Waals surface area contributed by atoms with Crippen molar-refractivity contribution in [1.29, 1.82) is 5.26 Å². The predicted octanol–water partition coefficient (Wildman–Crippen LogP) is 2.60. The third kappa shape index (κ3) is 3.72. The highest BCUT2D eigenvalue weighted by Crippen LogP contribution is 2.24. The van der Waals surface area contributed by atoms with E-state index in [1.807, 2.05) is 13.8 Å². The smallest absolute Gasteiger partial charge is 0.165 e. The Bertz CT molecular complexity index is 424. The predicted molar refractivity (Wildman–Crippen MR) is 63.8 cm³/mol. The number of para-hydroxylation sites is 1. The molecule has 0 aliphatic carbocycles. The number of ether oxygens (including phenoxy) is 1. The van der Waals surface area contributed by atoms with Crippen LogP contribution in [0.1, 0.15) is 25.8 Å². The van der Waals surface area contributed by atoms with Crippen molar-refractivity contribution in [1.82, 2.24) is 0 Å². The van der Waals surface area contributed by atoms with Crippen LogP contribution in [0.25, 0.3) is 0 Å². The zero-order valence-corrected chi connectivity index (χ0v) is 10.2. The van der Waals surface area contributed by atoms with E-state index in [1.54, 1.807) is 12.1 Å². The third-order valence-electron chi connectivity index (χ3n) is 2.54. The molecule has 4 heteroatoms. The molecule has 1 rings (SSSR count). The Hall–Kier alpha value is -1.60. The molecule has 0 atom stereocenters. The second kappa shape index (κ2) is 5.65. The number of nitrogens with two attached hydrogens (primary N) is 1. The highest BCUT2D eigenvalue weighted by Gasteiger charge is 2.17. The summed E-state index contributed by atoms with van der Waals surface area (Å²) in [6.07, 6.45) is 0.543. The maximum Gasteiger partial charge on any atom is 0.165 e. The Morgan fingerprint density at radius 1 is 1.47 bits per heavy atom. The molecule has 1 aromatic rings. The van der Waals surface area contributed by atoms with Crippen molar-refractivity contribution in [3.63, 3.8) is 0 Å². The summed E-state index contributed by atoms with van der Waals surface area (Å²) in [6.45, 7) is 4.17. The van der Waals surface area contributed by atoms with Crippen LogP contribution in [0.15, 0.2) is 18.2 Å². The quantitative estimate of drug-likeness (QED) is 0.854. The normalized spacial score (nSPS) is 11.0. The summed E-state index contributed by atoms with van der Waals surface area (Å²) in [5.41, 5.74) is 5.68. The first kappa shape index (κ1) is 13.5. The molecule has 0 saturated heterocycles. The van der Waals surface area contributed by atoms with Gasteiger partial charge in [-0.25, -0.2) is 4.39 Å². The van der Waals surface area contributed by atoms with Crippen LogP contribution in [0.3, 0.4) is 0 Å². The van der Waals surface area contributed by atoms with Gasteiger partial charge in [0.2, 0.25) is 0 Å². The van der Waals surface area contributed by atoms with Gasteiger partial charge in [0.05, 0.1) is 18.1 Å². The van der Waals surface area contributed by atoms with E-state index in [-0.39, 0.29) is 12.3 Å². The van der Waals surface area contributed by atoms with Crippen molar-refractivity contribution >= 4 is 0 Å². The van der Waals surface area contributed by atoms with Gasteiger partial charge in [-0.05, 0) is 26.3 Å². The van der Waals surface area contributed by atoms with E-state index in [4.69, 9.17) is 15.7 Å². The molecule has 0 heterocycles. The summed E-state index contributed by atoms with van der Waals surface area (Å²) in [5, 5.41) is 8.85. The van der Waals surface area contributed by atoms with Gasteiger partial charge < -0.3 is 10.5 Å². The maximum absolute atomic E-state index is 13.5. The molecule has 0 aliphatic rings. The summed E-state index contributed by atoms with van der Waals surface area (Å²) in [6, 6.07) is 6.84. The van der Waals surface area contributed by atoms with Crippen LogP contribution >= 0.6 is 0 Å². The van der Waals surface area contributed by atoms with Crippen LogP contribution in [0.4, 0.5) is 4.39 Å². The molecule has 0 unspecified atom stereocenters. The van der Waals surface area contributed by atoms with Gasteiger partial charge >= 0.3 is 0 Å². The summed E-state index contributed by atoms with van der Waals surface area (Å²) < 4.78 is 18.9. The zero-order chi connectivity index (χ0) is 12.9. The Balaban J connectivity index is 2.67. The number of nitrogens with zero attached hydrogens (tertiary/aromatic N) is 1. The number of halogens is 1. The van der Waals surface area contributed by atoms with E-state index in [1.165, 1.54) is 6.07 Å². The molecule has 0 fully saturated rings. The maximum atomic E-state index is 13.5. The van der Waals surface area contributed by atoms with Crippen LogP contribution in [-0.4, -0.2) is 6.61 Å². The fraction of sp³-hybridized carbons (Fsp3) is 0.462. The lowest BCUT2D eigenvalue weighted by molar-refractivity contribution is 0.252. The van der Waals surface area contributed by atoms with Crippen LogP contribution in [0.2, 0.25) is 0 Å². The molecule has 1 aromatic carbocycles. The summed E-state index contributed by atoms with van der Waals surface area (Å²) in [5.74, 6) is -0.216. The number of hydrogen-bond donors (Lipinski definition) is 1. The van der Waals surface area contributed by atoms with Gasteiger partial charge in [0.1, 0.15) is 0 Å². The largest absolute Gasteiger partial charge is 0.490 e. The molecule has 0 saturated carbocycles. The van der Waals surface area contributed by atoms with Crippen molar-refractivity contribution < 1.29 is 9.13 Å². The average Bonchev–Trinajstić information content (AvgIpc) is 2.31. The zero-order valence-electron chi connectivity index (χ0n) is 10.2. The van der Waals surface area contributed by atoms with Crippen LogP contribution in [-0.2, 0) is 6.54 Å². The number of benzene rings is 1. The molecule has 0 amide bonds. The number of rotatable bonds is 5. The van der Waals surface area contributed by atoms with Crippen molar-refractivity contribution in [2.75, 3.05) is 6.61 Å². The van der Waals surface area contributed by atoms with E-state index in [9.17, 15) is 4.39 Å². The van der Waals surface area contributed by atoms with Gasteiger partial charge in [-0.1, -0.05) is 12.1 Å². The summed E-state index contributed by atoms with van der Waals surface area (Å²) >= 11 is 0. The van der Waals surface area contributed by atoms with E-state index in [0.29, 0.717) is 18.6 Å². The molecule has 0 bridgehead atoms. The van der Waals surface area contributed by atoms with Crippen molar-refractivity contribution in [2.45, 2.75) is 26.8 Å². The Morgan fingerprint density at radius 2 is 2.18 bits per heavy atom. The number of hydrogen-bond acceptors (Lipinski definition) is 3. The molecular formula is C13H17FN2O. The van der Waals surface area contributed by atoms with Gasteiger partial charge in [-0.2, -0.15) is 5.26 Å². The van der Waals surface area contributed by atoms with Crippen LogP contribution in [0.5, 0.6) is 5.75 Å². The van der Waals surface area contributed by atoms with Crippen molar-refractivity contribution in [3.05, 3.63) is 29.6 Å². The lowest BCUT2D eigenvalue weighted by Gasteiger charge is -2.16. The van der Waals surface area contributed by atoms with Gasteiger partial charge in [0.25, 0.3) is 0 Å². The van der Waals surface area contributed by atoms with Gasteiger partial charge in [0, 0.05) is 12.1 Å². The highest BCUT2D eigenvalue weighted by molar-refractivity contribution is 5.34. The minimum atomic E-state index is -0.464. The molecule has 0 aliphatic heterocycles. The Labute approximate surface area is 101 Å². The highest BCUT2D eigenvalue weighted by atomic mass is 19.1. The van der Waals surface area contributed by atoms with Gasteiger partial charge in [-0.3, -0.25) is 0 Å². The van der Waals surface area contributed by atoms with E-state index >= 15 is 0 Å². The molecule has 92 valence electrons. The molecule has 0 spiro atoms. The molecular weight excluding hydrogens is 219 g/mol. The summed E-state index contributed by atoms with van der Waals surface area (Å²) in [7, 11) is 0. The third-order valence-corrected chi connectivity index (χ3v) is 2.54. The van der Waals surface area contributed by atoms with Crippen LogP contribution < -0.4 is 10.5 Å². The summed E-state index contributed by atoms with van der Waals surface area (Å²) in [4.78, 5) is 0. The average molecular weight is 236 g/mol. The minimum absolute atomic E-state index is 0.198. The molecule has 0 aromatic heterocycles. The Kier molecular flexibility index (Phi) is 4.47. The molecule has 2 N–H and O–H groups in total. The first-order valence-corrected chi connectivity index (χ1v) is 5.51. The Morgan fingerprint density at radius 3 is 2.76 bits per heavy atom. The van der Waals surface area contributed by atoms with E-state index < -0.39 is 11.2 Å². The first-order chi connectivity index (χ1) is 8.00. The second-order valence-corrected chi connectivity index (χ2v) is 4.53. The first-order valence-electron chi connectivity index (χ1n) is 5.51. The minimum Gasteiger partial charge on any atom is -0.490 e. The second-order valence-electron chi connectivity index (χ2n) is 4.53. The lowest BCUT2D eigenvalue weighted by atomic mass is 9.92. The van der Waals surface area contributed by atoms with Crippen molar-refractivity contribution in [3.8, 4) is 11.8 Å². The van der Waals surface area contributed by atoms with E-state index in [2.05, 4.69) is 6.07 Å². The number of nitriles is 1. The molecule has 17 heavy (non-hydrogen) atoms. The lowest BCUT2D eigenvalue weighted by Crippen LogP contribution is -2.14. The van der Waals surface area contributed by atoms with Gasteiger partial charge in [-0.15, -0.1) is 0 Å². The van der Waals surface area contributed by atoms with Crippen molar-refractivity contribution in [2.24, 2.45) is 11.1 Å². The SMILES string of the molecule is CC(C)(C#N)CCOc1c(F)cccc1CN. The van der Waals surface area contributed by atoms with Crippen LogP contribution in [0, 0.1) is 22.6 Å². The van der Waals surface area contributed by atoms with Gasteiger partial charge in [0.15, 0.2) is 11.6 Å². The fourth-order valence-electron chi connectivity index (χ4n) is 1.34.